The van der Waals surface area contributed by atoms with Crippen molar-refractivity contribution in [3.63, 3.8) is 0 Å². The average molecular weight is 274 g/mol. The Labute approximate surface area is 117 Å². The Morgan fingerprint density at radius 3 is 1.68 bits per heavy atom. The van der Waals surface area contributed by atoms with Gasteiger partial charge in [0.2, 0.25) is 0 Å². The lowest BCUT2D eigenvalue weighted by Crippen LogP contribution is -2.43. The van der Waals surface area contributed by atoms with Crippen molar-refractivity contribution in [3.05, 3.63) is 0 Å². The van der Waals surface area contributed by atoms with E-state index in [4.69, 9.17) is 14.2 Å². The Hall–Kier alpha value is -0.610. The molecule has 0 spiro atoms. The molecule has 0 unspecified atom stereocenters. The molecular formula is C15H30O4. The van der Waals surface area contributed by atoms with Crippen molar-refractivity contribution >= 4 is 5.97 Å². The Morgan fingerprint density at radius 1 is 0.842 bits per heavy atom. The van der Waals surface area contributed by atoms with E-state index < -0.39 is 11.8 Å². The summed E-state index contributed by atoms with van der Waals surface area (Å²) in [6.07, 6.45) is 5.74. The summed E-state index contributed by atoms with van der Waals surface area (Å²) in [6, 6.07) is 0. The SMILES string of the molecule is CCCCOC(=O)C(C)(OCCCC)OCCCC. The standard InChI is InChI=1S/C15H30O4/c1-5-8-11-17-14(16)15(4,18-12-9-6-2)19-13-10-7-3/h5-13H2,1-4H3. The van der Waals surface area contributed by atoms with Crippen molar-refractivity contribution in [2.24, 2.45) is 0 Å². The molecule has 0 aliphatic rings. The van der Waals surface area contributed by atoms with Crippen molar-refractivity contribution in [3.8, 4) is 0 Å². The second-order valence-electron chi connectivity index (χ2n) is 4.84. The first-order chi connectivity index (χ1) is 9.10. The summed E-state index contributed by atoms with van der Waals surface area (Å²) < 4.78 is 16.4. The maximum absolute atomic E-state index is 12.1. The van der Waals surface area contributed by atoms with E-state index in [1.54, 1.807) is 6.92 Å². The number of rotatable bonds is 12. The van der Waals surface area contributed by atoms with E-state index in [-0.39, 0.29) is 0 Å². The van der Waals surface area contributed by atoms with Gasteiger partial charge in [0.1, 0.15) is 0 Å². The second kappa shape index (κ2) is 11.2. The van der Waals surface area contributed by atoms with Crippen LogP contribution in [0.1, 0.15) is 66.2 Å². The fourth-order valence-corrected chi connectivity index (χ4v) is 1.42. The summed E-state index contributed by atoms with van der Waals surface area (Å²) in [5, 5.41) is 0. The molecule has 0 aromatic heterocycles. The van der Waals surface area contributed by atoms with Crippen LogP contribution < -0.4 is 0 Å². The number of esters is 1. The predicted molar refractivity (Wildman–Crippen MR) is 76.0 cm³/mol. The van der Waals surface area contributed by atoms with Gasteiger partial charge in [-0.25, -0.2) is 4.79 Å². The van der Waals surface area contributed by atoms with E-state index >= 15 is 0 Å². The quantitative estimate of drug-likeness (QED) is 0.309. The van der Waals surface area contributed by atoms with Gasteiger partial charge >= 0.3 is 5.97 Å². The minimum absolute atomic E-state index is 0.409. The third-order valence-electron chi connectivity index (χ3n) is 2.85. The van der Waals surface area contributed by atoms with Crippen molar-refractivity contribution in [2.45, 2.75) is 72.0 Å². The molecule has 0 rings (SSSR count). The summed E-state index contributed by atoms with van der Waals surface area (Å²) in [5.41, 5.74) is 0. The second-order valence-corrected chi connectivity index (χ2v) is 4.84. The summed E-state index contributed by atoms with van der Waals surface area (Å²) in [7, 11) is 0. The van der Waals surface area contributed by atoms with Gasteiger partial charge in [-0.05, 0) is 19.3 Å². The van der Waals surface area contributed by atoms with E-state index in [2.05, 4.69) is 20.8 Å². The molecule has 114 valence electrons. The van der Waals surface area contributed by atoms with Crippen LogP contribution in [0.25, 0.3) is 0 Å². The van der Waals surface area contributed by atoms with Crippen molar-refractivity contribution in [1.29, 1.82) is 0 Å². The highest BCUT2D eigenvalue weighted by atomic mass is 16.7. The van der Waals surface area contributed by atoms with Gasteiger partial charge in [0.25, 0.3) is 5.79 Å². The van der Waals surface area contributed by atoms with E-state index in [0.29, 0.717) is 19.8 Å². The molecule has 4 heteroatoms. The third kappa shape index (κ3) is 8.22. The Bertz CT molecular complexity index is 218. The Morgan fingerprint density at radius 2 is 1.26 bits per heavy atom. The molecule has 4 nitrogen and oxygen atoms in total. The van der Waals surface area contributed by atoms with Crippen LogP contribution in [0, 0.1) is 0 Å². The van der Waals surface area contributed by atoms with E-state index in [1.165, 1.54) is 0 Å². The first-order valence-corrected chi connectivity index (χ1v) is 7.55. The van der Waals surface area contributed by atoms with Crippen LogP contribution in [0.15, 0.2) is 0 Å². The molecule has 19 heavy (non-hydrogen) atoms. The van der Waals surface area contributed by atoms with Crippen LogP contribution in [0.3, 0.4) is 0 Å². The summed E-state index contributed by atoms with van der Waals surface area (Å²) >= 11 is 0. The highest BCUT2D eigenvalue weighted by Gasteiger charge is 2.37. The van der Waals surface area contributed by atoms with Gasteiger partial charge < -0.3 is 14.2 Å². The lowest BCUT2D eigenvalue weighted by atomic mass is 10.3. The van der Waals surface area contributed by atoms with Gasteiger partial charge in [0.05, 0.1) is 19.8 Å². The highest BCUT2D eigenvalue weighted by Crippen LogP contribution is 2.17. The summed E-state index contributed by atoms with van der Waals surface area (Å²) in [6.45, 7) is 9.34. The van der Waals surface area contributed by atoms with Crippen LogP contribution in [-0.4, -0.2) is 31.6 Å². The zero-order valence-corrected chi connectivity index (χ0v) is 13.0. The number of carbonyl (C=O) groups excluding carboxylic acids is 1. The van der Waals surface area contributed by atoms with Gasteiger partial charge in [0.15, 0.2) is 0 Å². The molecule has 0 N–H and O–H groups in total. The molecule has 0 amide bonds. The van der Waals surface area contributed by atoms with E-state index in [0.717, 1.165) is 38.5 Å². The van der Waals surface area contributed by atoms with Gasteiger partial charge in [-0.3, -0.25) is 0 Å². The van der Waals surface area contributed by atoms with Crippen LogP contribution in [0.2, 0.25) is 0 Å². The molecule has 0 atom stereocenters. The molecule has 0 radical (unpaired) electrons. The smallest absolute Gasteiger partial charge is 0.366 e. The molecule has 0 aromatic carbocycles. The van der Waals surface area contributed by atoms with Crippen molar-refractivity contribution < 1.29 is 19.0 Å². The Kier molecular flexibility index (Phi) is 10.9. The fourth-order valence-electron chi connectivity index (χ4n) is 1.42. The average Bonchev–Trinajstić information content (AvgIpc) is 2.39. The lowest BCUT2D eigenvalue weighted by molar-refractivity contribution is -0.241. The van der Waals surface area contributed by atoms with Gasteiger partial charge in [0, 0.05) is 6.92 Å². The maximum atomic E-state index is 12.1. The minimum atomic E-state index is -1.25. The van der Waals surface area contributed by atoms with Crippen molar-refractivity contribution in [2.75, 3.05) is 19.8 Å². The molecule has 0 aliphatic carbocycles. The first-order valence-electron chi connectivity index (χ1n) is 7.55. The number of hydrogen-bond acceptors (Lipinski definition) is 4. The van der Waals surface area contributed by atoms with Crippen molar-refractivity contribution in [1.82, 2.24) is 0 Å². The summed E-state index contributed by atoms with van der Waals surface area (Å²) in [5.74, 6) is -1.66. The predicted octanol–water partition coefficient (Wildman–Crippen LogP) is 3.68. The first kappa shape index (κ1) is 18.4. The van der Waals surface area contributed by atoms with E-state index in [9.17, 15) is 4.79 Å². The summed E-state index contributed by atoms with van der Waals surface area (Å²) in [4.78, 5) is 12.1. The molecule has 0 aromatic rings. The van der Waals surface area contributed by atoms with Gasteiger partial charge in [-0.1, -0.05) is 40.0 Å². The molecule has 0 aliphatic heterocycles. The van der Waals surface area contributed by atoms with E-state index in [1.807, 2.05) is 0 Å². The lowest BCUT2D eigenvalue weighted by Gasteiger charge is -2.27. The van der Waals surface area contributed by atoms with Crippen LogP contribution in [0.5, 0.6) is 0 Å². The number of hydrogen-bond donors (Lipinski definition) is 0. The number of carbonyl (C=O) groups is 1. The normalized spacial score (nSPS) is 11.6. The largest absolute Gasteiger partial charge is 0.462 e. The third-order valence-corrected chi connectivity index (χ3v) is 2.85. The number of ether oxygens (including phenoxy) is 3. The minimum Gasteiger partial charge on any atom is -0.462 e. The van der Waals surface area contributed by atoms with Crippen LogP contribution in [0.4, 0.5) is 0 Å². The van der Waals surface area contributed by atoms with Crippen LogP contribution in [-0.2, 0) is 19.0 Å². The number of unbranched alkanes of at least 4 members (excludes halogenated alkanes) is 3. The monoisotopic (exact) mass is 274 g/mol. The molecule has 0 fully saturated rings. The fraction of sp³-hybridized carbons (Fsp3) is 0.933. The molecule has 0 heterocycles. The zero-order valence-electron chi connectivity index (χ0n) is 13.0. The van der Waals surface area contributed by atoms with Gasteiger partial charge in [-0.15, -0.1) is 0 Å². The highest BCUT2D eigenvalue weighted by molar-refractivity contribution is 5.77. The van der Waals surface area contributed by atoms with Gasteiger partial charge in [-0.2, -0.15) is 0 Å². The van der Waals surface area contributed by atoms with Crippen LogP contribution >= 0.6 is 0 Å². The zero-order chi connectivity index (χ0) is 14.6. The topological polar surface area (TPSA) is 44.8 Å². The molecule has 0 bridgehead atoms. The molecule has 0 saturated carbocycles. The Balaban J connectivity index is 4.31. The maximum Gasteiger partial charge on any atom is 0.366 e. The molecule has 0 saturated heterocycles. The molecular weight excluding hydrogens is 244 g/mol.